The van der Waals surface area contributed by atoms with E-state index < -0.39 is 9.84 Å². The van der Waals surface area contributed by atoms with Gasteiger partial charge in [-0.25, -0.2) is 18.4 Å². The summed E-state index contributed by atoms with van der Waals surface area (Å²) >= 11 is 0. The molecule has 0 amide bonds. The molecule has 1 aromatic heterocycles. The largest absolute Gasteiger partial charge is 0.353 e. The van der Waals surface area contributed by atoms with Crippen LogP contribution in [-0.4, -0.2) is 49.9 Å². The highest BCUT2D eigenvalue weighted by atomic mass is 32.2. The van der Waals surface area contributed by atoms with E-state index in [0.29, 0.717) is 23.6 Å². The smallest absolute Gasteiger partial charge is 0.247 e. The lowest BCUT2D eigenvalue weighted by molar-refractivity contribution is -0.155. The van der Waals surface area contributed by atoms with Crippen LogP contribution in [0.1, 0.15) is 41.0 Å². The topological polar surface area (TPSA) is 95.5 Å². The van der Waals surface area contributed by atoms with Crippen LogP contribution in [-0.2, 0) is 19.3 Å². The van der Waals surface area contributed by atoms with Gasteiger partial charge in [-0.05, 0) is 33.1 Å². The van der Waals surface area contributed by atoms with Crippen molar-refractivity contribution in [3.8, 4) is 0 Å². The summed E-state index contributed by atoms with van der Waals surface area (Å²) in [6.45, 7) is 3.69. The molecule has 1 fully saturated rings. The number of hydrogen-bond acceptors (Lipinski definition) is 7. The molecule has 22 heavy (non-hydrogen) atoms. The number of aryl methyl sites for hydroxylation is 2. The molecule has 0 radical (unpaired) electrons. The summed E-state index contributed by atoms with van der Waals surface area (Å²) in [5.74, 6) is -0.274. The Kier molecular flexibility index (Phi) is 5.25. The first kappa shape index (κ1) is 17.0. The van der Waals surface area contributed by atoms with Crippen LogP contribution in [0.5, 0.6) is 0 Å². The van der Waals surface area contributed by atoms with Crippen LogP contribution in [0.2, 0.25) is 0 Å². The molecule has 1 aliphatic rings. The zero-order valence-electron chi connectivity index (χ0n) is 13.0. The first-order valence-electron chi connectivity index (χ1n) is 7.10. The van der Waals surface area contributed by atoms with Crippen LogP contribution in [0.25, 0.3) is 0 Å². The predicted molar refractivity (Wildman–Crippen MR) is 78.5 cm³/mol. The molecule has 1 aromatic rings. The molecule has 1 unspecified atom stereocenters. The Morgan fingerprint density at radius 1 is 1.27 bits per heavy atom. The van der Waals surface area contributed by atoms with Crippen LogP contribution >= 0.6 is 0 Å². The Morgan fingerprint density at radius 3 is 2.41 bits per heavy atom. The molecule has 0 aliphatic carbocycles. The van der Waals surface area contributed by atoms with Crippen LogP contribution in [0.3, 0.4) is 0 Å². The lowest BCUT2D eigenvalue weighted by atomic mass is 10.1. The number of sulfone groups is 1. The van der Waals surface area contributed by atoms with Crippen LogP contribution in [0, 0.1) is 13.8 Å². The van der Waals surface area contributed by atoms with E-state index in [1.54, 1.807) is 13.8 Å². The van der Waals surface area contributed by atoms with E-state index >= 15 is 0 Å². The highest BCUT2D eigenvalue weighted by Gasteiger charge is 2.22. The summed E-state index contributed by atoms with van der Waals surface area (Å²) < 4.78 is 33.9. The molecule has 0 aromatic carbocycles. The third kappa shape index (κ3) is 4.08. The third-order valence-corrected chi connectivity index (χ3v) is 4.24. The van der Waals surface area contributed by atoms with E-state index in [9.17, 15) is 13.2 Å². The van der Waals surface area contributed by atoms with Crippen molar-refractivity contribution < 1.29 is 22.7 Å². The van der Waals surface area contributed by atoms with Gasteiger partial charge in [0.15, 0.2) is 12.1 Å². The van der Waals surface area contributed by atoms with Gasteiger partial charge in [-0.3, -0.25) is 4.79 Å². The molecule has 122 valence electrons. The second kappa shape index (κ2) is 6.80. The average Bonchev–Trinajstić information content (AvgIpc) is 2.44. The van der Waals surface area contributed by atoms with Gasteiger partial charge in [0.05, 0.1) is 17.0 Å². The molecule has 0 saturated carbocycles. The summed E-state index contributed by atoms with van der Waals surface area (Å²) in [6.07, 6.45) is 3.48. The summed E-state index contributed by atoms with van der Waals surface area (Å²) in [6, 6.07) is 0. The molecular weight excluding hydrogens is 308 g/mol. The summed E-state index contributed by atoms with van der Waals surface area (Å²) in [7, 11) is -3.50. The number of ether oxygens (including phenoxy) is 2. The lowest BCUT2D eigenvalue weighted by Crippen LogP contribution is -2.26. The molecule has 0 N–H and O–H groups in total. The Balaban J connectivity index is 2.12. The Morgan fingerprint density at radius 2 is 1.91 bits per heavy atom. The fourth-order valence-electron chi connectivity index (χ4n) is 2.34. The summed E-state index contributed by atoms with van der Waals surface area (Å²) in [5, 5.41) is -0.268. The van der Waals surface area contributed by atoms with Crippen molar-refractivity contribution in [2.45, 2.75) is 44.6 Å². The predicted octanol–water partition coefficient (Wildman–Crippen LogP) is 1.22. The van der Waals surface area contributed by atoms with Crippen molar-refractivity contribution in [2.24, 2.45) is 0 Å². The van der Waals surface area contributed by atoms with Crippen LogP contribution in [0.4, 0.5) is 0 Å². The lowest BCUT2D eigenvalue weighted by Gasteiger charge is -2.22. The zero-order chi connectivity index (χ0) is 16.3. The molecule has 2 rings (SSSR count). The maximum Gasteiger partial charge on any atom is 0.247 e. The van der Waals surface area contributed by atoms with E-state index in [4.69, 9.17) is 9.47 Å². The highest BCUT2D eigenvalue weighted by molar-refractivity contribution is 7.90. The standard InChI is InChI=1S/C14H20N2O5S/c1-9-13(10(2)16-14(15-9)22(3,18)19)11(17)8-21-12-6-4-5-7-20-12/h12H,4-8H2,1-3H3. The number of carbonyl (C=O) groups excluding carboxylic acids is 1. The SMILES string of the molecule is Cc1nc(S(C)(=O)=O)nc(C)c1C(=O)COC1CCCCO1. The minimum atomic E-state index is -3.50. The molecule has 1 aliphatic heterocycles. The molecule has 8 heteroatoms. The molecule has 1 atom stereocenters. The molecule has 1 saturated heterocycles. The number of hydrogen-bond donors (Lipinski definition) is 0. The fraction of sp³-hybridized carbons (Fsp3) is 0.643. The Bertz CT molecular complexity index is 643. The third-order valence-electron chi connectivity index (χ3n) is 3.40. The normalized spacial score (nSPS) is 19.1. The van der Waals surface area contributed by atoms with Gasteiger partial charge in [0.1, 0.15) is 6.61 Å². The maximum absolute atomic E-state index is 12.3. The first-order chi connectivity index (χ1) is 10.3. The molecule has 7 nitrogen and oxygen atoms in total. The van der Waals surface area contributed by atoms with Gasteiger partial charge < -0.3 is 9.47 Å². The monoisotopic (exact) mass is 328 g/mol. The van der Waals surface area contributed by atoms with Gasteiger partial charge in [0, 0.05) is 12.9 Å². The van der Waals surface area contributed by atoms with Gasteiger partial charge in [0.25, 0.3) is 0 Å². The van der Waals surface area contributed by atoms with Crippen molar-refractivity contribution in [1.29, 1.82) is 0 Å². The van der Waals surface area contributed by atoms with Crippen molar-refractivity contribution in [1.82, 2.24) is 9.97 Å². The summed E-state index contributed by atoms with van der Waals surface area (Å²) in [4.78, 5) is 20.1. The fourth-order valence-corrected chi connectivity index (χ4v) is 2.94. The van der Waals surface area contributed by atoms with Crippen LogP contribution in [0.15, 0.2) is 5.16 Å². The van der Waals surface area contributed by atoms with Gasteiger partial charge in [0.2, 0.25) is 15.0 Å². The number of Topliss-reactive ketones (excluding diaryl/α,β-unsaturated/α-hetero) is 1. The summed E-state index contributed by atoms with van der Waals surface area (Å²) in [5.41, 5.74) is 0.986. The first-order valence-corrected chi connectivity index (χ1v) is 9.00. The zero-order valence-corrected chi connectivity index (χ0v) is 13.8. The van der Waals surface area contributed by atoms with Gasteiger partial charge in [-0.1, -0.05) is 0 Å². The molecule has 0 bridgehead atoms. The minimum Gasteiger partial charge on any atom is -0.353 e. The molecule has 2 heterocycles. The quantitative estimate of drug-likeness (QED) is 0.592. The Hall–Kier alpha value is -1.38. The number of carbonyl (C=O) groups is 1. The second-order valence-corrected chi connectivity index (χ2v) is 7.26. The van der Waals surface area contributed by atoms with E-state index in [2.05, 4.69) is 9.97 Å². The van der Waals surface area contributed by atoms with E-state index in [1.165, 1.54) is 0 Å². The number of nitrogens with zero attached hydrogens (tertiary/aromatic N) is 2. The van der Waals surface area contributed by atoms with Crippen molar-refractivity contribution in [3.63, 3.8) is 0 Å². The van der Waals surface area contributed by atoms with Gasteiger partial charge >= 0.3 is 0 Å². The highest BCUT2D eigenvalue weighted by Crippen LogP contribution is 2.17. The minimum absolute atomic E-state index is 0.131. The molecule has 0 spiro atoms. The van der Waals surface area contributed by atoms with E-state index in [-0.39, 0.29) is 23.8 Å². The van der Waals surface area contributed by atoms with Crippen molar-refractivity contribution in [2.75, 3.05) is 19.5 Å². The maximum atomic E-state index is 12.3. The van der Waals surface area contributed by atoms with Crippen LogP contribution < -0.4 is 0 Å². The van der Waals surface area contributed by atoms with Gasteiger partial charge in [-0.15, -0.1) is 0 Å². The van der Waals surface area contributed by atoms with E-state index in [0.717, 1.165) is 25.5 Å². The van der Waals surface area contributed by atoms with Gasteiger partial charge in [-0.2, -0.15) is 0 Å². The van der Waals surface area contributed by atoms with Crippen molar-refractivity contribution >= 4 is 15.6 Å². The average molecular weight is 328 g/mol. The number of ketones is 1. The van der Waals surface area contributed by atoms with E-state index in [1.807, 2.05) is 0 Å². The Labute approximate surface area is 130 Å². The second-order valence-electron chi connectivity index (χ2n) is 5.35. The number of aromatic nitrogens is 2. The molecular formula is C14H20N2O5S. The van der Waals surface area contributed by atoms with Crippen molar-refractivity contribution in [3.05, 3.63) is 17.0 Å². The number of rotatable bonds is 5.